The van der Waals surface area contributed by atoms with Crippen molar-refractivity contribution in [2.24, 2.45) is 0 Å². The summed E-state index contributed by atoms with van der Waals surface area (Å²) in [6.07, 6.45) is -5.75. The topological polar surface area (TPSA) is 88.9 Å². The predicted molar refractivity (Wildman–Crippen MR) is 50.5 cm³/mol. The van der Waals surface area contributed by atoms with Crippen molar-refractivity contribution in [3.63, 3.8) is 0 Å². The fraction of sp³-hybridized carbons (Fsp3) is 0.333. The SMILES string of the molecule is COc1cc(O)c(CC(=O)O)nc1OC(F)(F)F. The van der Waals surface area contributed by atoms with Crippen molar-refractivity contribution in [3.05, 3.63) is 11.8 Å². The van der Waals surface area contributed by atoms with Gasteiger partial charge in [-0.2, -0.15) is 0 Å². The summed E-state index contributed by atoms with van der Waals surface area (Å²) in [5.74, 6) is -3.37. The van der Waals surface area contributed by atoms with Crippen LogP contribution in [-0.4, -0.2) is 34.6 Å². The molecule has 18 heavy (non-hydrogen) atoms. The summed E-state index contributed by atoms with van der Waals surface area (Å²) < 4.78 is 44.3. The Bertz CT molecular complexity index is 460. The third kappa shape index (κ3) is 3.68. The van der Waals surface area contributed by atoms with E-state index < -0.39 is 41.8 Å². The highest BCUT2D eigenvalue weighted by Crippen LogP contribution is 2.34. The van der Waals surface area contributed by atoms with Gasteiger partial charge in [-0.05, 0) is 0 Å². The minimum Gasteiger partial charge on any atom is -0.506 e. The molecule has 100 valence electrons. The van der Waals surface area contributed by atoms with Gasteiger partial charge in [0, 0.05) is 6.07 Å². The number of nitrogens with zero attached hydrogens (tertiary/aromatic N) is 1. The van der Waals surface area contributed by atoms with Gasteiger partial charge < -0.3 is 19.7 Å². The molecule has 0 atom stereocenters. The first-order valence-corrected chi connectivity index (χ1v) is 4.47. The van der Waals surface area contributed by atoms with Gasteiger partial charge in [0.2, 0.25) is 0 Å². The molecule has 1 aromatic rings. The average Bonchev–Trinajstić information content (AvgIpc) is 2.19. The zero-order valence-electron chi connectivity index (χ0n) is 8.98. The lowest BCUT2D eigenvalue weighted by atomic mass is 10.2. The van der Waals surface area contributed by atoms with Gasteiger partial charge in [0.15, 0.2) is 5.75 Å². The van der Waals surface area contributed by atoms with Crippen LogP contribution in [0.5, 0.6) is 17.4 Å². The second-order valence-corrected chi connectivity index (χ2v) is 3.08. The number of halogens is 3. The lowest BCUT2D eigenvalue weighted by Gasteiger charge is -2.13. The molecule has 0 bridgehead atoms. The molecular weight excluding hydrogens is 259 g/mol. The van der Waals surface area contributed by atoms with Crippen molar-refractivity contribution < 1.29 is 37.7 Å². The molecule has 0 unspecified atom stereocenters. The van der Waals surface area contributed by atoms with Crippen LogP contribution in [0.25, 0.3) is 0 Å². The predicted octanol–water partition coefficient (Wildman–Crippen LogP) is 1.32. The van der Waals surface area contributed by atoms with Crippen molar-refractivity contribution in [2.75, 3.05) is 7.11 Å². The van der Waals surface area contributed by atoms with Crippen LogP contribution in [0.3, 0.4) is 0 Å². The number of aliphatic carboxylic acids is 1. The van der Waals surface area contributed by atoms with Gasteiger partial charge in [-0.15, -0.1) is 13.2 Å². The monoisotopic (exact) mass is 267 g/mol. The molecule has 0 aliphatic rings. The Morgan fingerprint density at radius 1 is 1.50 bits per heavy atom. The number of hydrogen-bond donors (Lipinski definition) is 2. The number of rotatable bonds is 4. The maximum atomic E-state index is 12.1. The van der Waals surface area contributed by atoms with E-state index in [1.54, 1.807) is 0 Å². The van der Waals surface area contributed by atoms with Crippen LogP contribution in [0.4, 0.5) is 13.2 Å². The van der Waals surface area contributed by atoms with Gasteiger partial charge >= 0.3 is 12.3 Å². The second kappa shape index (κ2) is 4.98. The molecule has 0 aromatic carbocycles. The molecule has 0 fully saturated rings. The number of methoxy groups -OCH3 is 1. The average molecular weight is 267 g/mol. The van der Waals surface area contributed by atoms with E-state index in [2.05, 4.69) is 14.5 Å². The highest BCUT2D eigenvalue weighted by atomic mass is 19.4. The molecular formula is C9H8F3NO5. The number of alkyl halides is 3. The highest BCUT2D eigenvalue weighted by Gasteiger charge is 2.34. The van der Waals surface area contributed by atoms with Gasteiger partial charge in [-0.25, -0.2) is 4.98 Å². The molecule has 1 aromatic heterocycles. The molecule has 0 radical (unpaired) electrons. The van der Waals surface area contributed by atoms with E-state index in [9.17, 15) is 23.1 Å². The molecule has 0 saturated carbocycles. The first-order chi connectivity index (χ1) is 8.23. The number of hydrogen-bond acceptors (Lipinski definition) is 5. The van der Waals surface area contributed by atoms with E-state index in [0.717, 1.165) is 13.2 Å². The Morgan fingerprint density at radius 2 is 2.11 bits per heavy atom. The number of aromatic hydroxyl groups is 1. The van der Waals surface area contributed by atoms with Crippen molar-refractivity contribution in [2.45, 2.75) is 12.8 Å². The van der Waals surface area contributed by atoms with Crippen molar-refractivity contribution >= 4 is 5.97 Å². The third-order valence-electron chi connectivity index (χ3n) is 1.76. The maximum absolute atomic E-state index is 12.1. The maximum Gasteiger partial charge on any atom is 0.574 e. The molecule has 0 saturated heterocycles. The zero-order chi connectivity index (χ0) is 13.9. The quantitative estimate of drug-likeness (QED) is 0.855. The number of aromatic nitrogens is 1. The summed E-state index contributed by atoms with van der Waals surface area (Å²) in [7, 11) is 1.05. The number of ether oxygens (including phenoxy) is 2. The Hall–Kier alpha value is -2.19. The normalized spacial score (nSPS) is 11.1. The second-order valence-electron chi connectivity index (χ2n) is 3.08. The standard InChI is InChI=1S/C9H8F3NO5/c1-17-6-3-5(14)4(2-7(15)16)13-8(6)18-9(10,11)12/h3,14H,2H2,1H3,(H,15,16). The van der Waals surface area contributed by atoms with Crippen LogP contribution in [-0.2, 0) is 11.2 Å². The number of pyridine rings is 1. The molecule has 2 N–H and O–H groups in total. The number of carbonyl (C=O) groups is 1. The van der Waals surface area contributed by atoms with Gasteiger partial charge in [0.1, 0.15) is 5.75 Å². The zero-order valence-corrected chi connectivity index (χ0v) is 8.98. The molecule has 0 aliphatic heterocycles. The first kappa shape index (κ1) is 13.9. The summed E-state index contributed by atoms with van der Waals surface area (Å²) >= 11 is 0. The van der Waals surface area contributed by atoms with Crippen LogP contribution in [0, 0.1) is 0 Å². The summed E-state index contributed by atoms with van der Waals surface area (Å²) in [6.45, 7) is 0. The lowest BCUT2D eigenvalue weighted by molar-refractivity contribution is -0.276. The minimum absolute atomic E-state index is 0.456. The molecule has 1 heterocycles. The molecule has 9 heteroatoms. The van der Waals surface area contributed by atoms with Crippen LogP contribution in [0.15, 0.2) is 6.07 Å². The largest absolute Gasteiger partial charge is 0.574 e. The fourth-order valence-electron chi connectivity index (χ4n) is 1.11. The fourth-order valence-corrected chi connectivity index (χ4v) is 1.11. The highest BCUT2D eigenvalue weighted by molar-refractivity contribution is 5.70. The van der Waals surface area contributed by atoms with Crippen LogP contribution < -0.4 is 9.47 Å². The van der Waals surface area contributed by atoms with Crippen LogP contribution in [0.1, 0.15) is 5.69 Å². The van der Waals surface area contributed by atoms with E-state index in [1.165, 1.54) is 0 Å². The Kier molecular flexibility index (Phi) is 3.84. The Labute approximate surface area is 98.6 Å². The van der Waals surface area contributed by atoms with Crippen molar-refractivity contribution in [1.29, 1.82) is 0 Å². The molecule has 0 spiro atoms. The third-order valence-corrected chi connectivity index (χ3v) is 1.76. The molecule has 0 amide bonds. The first-order valence-electron chi connectivity index (χ1n) is 4.47. The summed E-state index contributed by atoms with van der Waals surface area (Å²) in [5, 5.41) is 17.8. The number of carboxylic acids is 1. The number of carboxylic acid groups (broad SMARTS) is 1. The lowest BCUT2D eigenvalue weighted by Crippen LogP contribution is -2.19. The van der Waals surface area contributed by atoms with Crippen LogP contribution >= 0.6 is 0 Å². The summed E-state index contributed by atoms with van der Waals surface area (Å²) in [5.41, 5.74) is -0.456. The van der Waals surface area contributed by atoms with Crippen molar-refractivity contribution in [1.82, 2.24) is 4.98 Å². The molecule has 1 rings (SSSR count). The van der Waals surface area contributed by atoms with Gasteiger partial charge in [-0.1, -0.05) is 0 Å². The van der Waals surface area contributed by atoms with Gasteiger partial charge in [0.25, 0.3) is 5.88 Å². The van der Waals surface area contributed by atoms with E-state index in [-0.39, 0.29) is 0 Å². The minimum atomic E-state index is -5.00. The summed E-state index contributed by atoms with van der Waals surface area (Å²) in [4.78, 5) is 13.7. The van der Waals surface area contributed by atoms with Crippen molar-refractivity contribution in [3.8, 4) is 17.4 Å². The Morgan fingerprint density at radius 3 is 2.56 bits per heavy atom. The van der Waals surface area contributed by atoms with E-state index in [4.69, 9.17) is 5.11 Å². The van der Waals surface area contributed by atoms with E-state index in [0.29, 0.717) is 0 Å². The Balaban J connectivity index is 3.17. The van der Waals surface area contributed by atoms with Crippen LogP contribution in [0.2, 0.25) is 0 Å². The van der Waals surface area contributed by atoms with E-state index in [1.807, 2.05) is 0 Å². The van der Waals surface area contributed by atoms with Gasteiger partial charge in [-0.3, -0.25) is 4.79 Å². The molecule has 0 aliphatic carbocycles. The van der Waals surface area contributed by atoms with Gasteiger partial charge in [0.05, 0.1) is 19.2 Å². The summed E-state index contributed by atoms with van der Waals surface area (Å²) in [6, 6.07) is 0.798. The van der Waals surface area contributed by atoms with E-state index >= 15 is 0 Å². The molecule has 6 nitrogen and oxygen atoms in total. The smallest absolute Gasteiger partial charge is 0.506 e.